The minimum Gasteiger partial charge on any atom is -0.308 e. The van der Waals surface area contributed by atoms with Gasteiger partial charge in [-0.2, -0.15) is 0 Å². The molecule has 0 N–H and O–H groups in total. The van der Waals surface area contributed by atoms with Crippen LogP contribution in [-0.2, 0) is 0 Å². The van der Waals surface area contributed by atoms with Gasteiger partial charge in [-0.3, -0.25) is 0 Å². The van der Waals surface area contributed by atoms with Gasteiger partial charge in [-0.25, -0.2) is 0 Å². The molecule has 1 heterocycles. The maximum absolute atomic E-state index is 2.35. The second-order valence-corrected chi connectivity index (χ2v) is 6.55. The lowest BCUT2D eigenvalue weighted by molar-refractivity contribution is 1.16. The van der Waals surface area contributed by atoms with Crippen molar-refractivity contribution >= 4 is 34.9 Å². The largest absolute Gasteiger partial charge is 0.308 e. The lowest BCUT2D eigenvalue weighted by Gasteiger charge is -2.33. The molecule has 0 fully saturated rings. The summed E-state index contributed by atoms with van der Waals surface area (Å²) in [5.41, 5.74) is 4.93. The Morgan fingerprint density at radius 1 is 0.783 bits per heavy atom. The summed E-state index contributed by atoms with van der Waals surface area (Å²) in [7, 11) is 0. The van der Waals surface area contributed by atoms with Gasteiger partial charge in [-0.1, -0.05) is 60.3 Å². The molecule has 4 rings (SSSR count). The van der Waals surface area contributed by atoms with E-state index in [1.165, 1.54) is 32.4 Å². The van der Waals surface area contributed by atoms with Gasteiger partial charge in [0.15, 0.2) is 0 Å². The van der Waals surface area contributed by atoms with Crippen LogP contribution < -0.4 is 4.90 Å². The molecule has 0 radical (unpaired) electrons. The number of rotatable bonds is 2. The molecule has 0 aromatic heterocycles. The van der Waals surface area contributed by atoms with E-state index in [0.29, 0.717) is 0 Å². The minimum absolute atomic E-state index is 1.19. The Morgan fingerprint density at radius 3 is 2.35 bits per heavy atom. The molecule has 0 aliphatic carbocycles. The molecule has 0 unspecified atom stereocenters. The number of fused-ring (bicyclic) bond motifs is 2. The van der Waals surface area contributed by atoms with Crippen LogP contribution in [0.4, 0.5) is 17.1 Å². The van der Waals surface area contributed by atoms with Crippen LogP contribution in [0.15, 0.2) is 88.7 Å². The Kier molecular flexibility index (Phi) is 3.68. The number of hydrogen-bond acceptors (Lipinski definition) is 2. The standard InChI is InChI=1S/C21H17NS/c1-2-8-16-13-14-19-21(15-16)23-20-12-7-6-11-18(20)22(19)17-9-4-3-5-10-17/h2-15H,1H3. The summed E-state index contributed by atoms with van der Waals surface area (Å²) in [5, 5.41) is 0. The zero-order chi connectivity index (χ0) is 15.6. The van der Waals surface area contributed by atoms with E-state index in [0.717, 1.165) is 0 Å². The molecule has 1 aliphatic heterocycles. The molecule has 3 aromatic rings. The molecule has 23 heavy (non-hydrogen) atoms. The van der Waals surface area contributed by atoms with Crippen molar-refractivity contribution in [2.45, 2.75) is 16.7 Å². The third-order valence-electron chi connectivity index (χ3n) is 3.92. The van der Waals surface area contributed by atoms with E-state index in [4.69, 9.17) is 0 Å². The maximum atomic E-state index is 2.35. The first kappa shape index (κ1) is 14.2. The SMILES string of the molecule is CC=Cc1ccc2c(c1)Sc1ccccc1N2c1ccccc1. The fourth-order valence-electron chi connectivity index (χ4n) is 2.92. The molecular formula is C21H17NS. The molecule has 0 amide bonds. The monoisotopic (exact) mass is 315 g/mol. The average Bonchev–Trinajstić information content (AvgIpc) is 2.60. The molecule has 0 bridgehead atoms. The van der Waals surface area contributed by atoms with Gasteiger partial charge in [0.25, 0.3) is 0 Å². The highest BCUT2D eigenvalue weighted by atomic mass is 32.2. The molecule has 1 aliphatic rings. The Bertz CT molecular complexity index is 868. The number of nitrogens with zero attached hydrogens (tertiary/aromatic N) is 1. The van der Waals surface area contributed by atoms with Gasteiger partial charge in [-0.05, 0) is 48.9 Å². The van der Waals surface area contributed by atoms with Crippen molar-refractivity contribution in [3.05, 3.63) is 84.4 Å². The van der Waals surface area contributed by atoms with Crippen LogP contribution in [0.1, 0.15) is 12.5 Å². The summed E-state index contributed by atoms with van der Waals surface area (Å²) in [6.45, 7) is 2.05. The summed E-state index contributed by atoms with van der Waals surface area (Å²) >= 11 is 1.85. The van der Waals surface area contributed by atoms with Crippen molar-refractivity contribution in [2.75, 3.05) is 4.90 Å². The van der Waals surface area contributed by atoms with Crippen molar-refractivity contribution < 1.29 is 0 Å². The Morgan fingerprint density at radius 2 is 1.52 bits per heavy atom. The summed E-state index contributed by atoms with van der Waals surface area (Å²) in [6.07, 6.45) is 4.23. The van der Waals surface area contributed by atoms with Gasteiger partial charge in [0.2, 0.25) is 0 Å². The molecule has 112 valence electrons. The zero-order valence-corrected chi connectivity index (χ0v) is 13.8. The van der Waals surface area contributed by atoms with Crippen LogP contribution in [0.3, 0.4) is 0 Å². The van der Waals surface area contributed by atoms with Gasteiger partial charge in [0, 0.05) is 15.5 Å². The van der Waals surface area contributed by atoms with Gasteiger partial charge in [0.1, 0.15) is 0 Å². The van der Waals surface area contributed by atoms with Crippen molar-refractivity contribution in [1.82, 2.24) is 0 Å². The number of anilines is 3. The van der Waals surface area contributed by atoms with Crippen LogP contribution in [0.25, 0.3) is 6.08 Å². The Labute approximate surface area is 141 Å². The van der Waals surface area contributed by atoms with Gasteiger partial charge >= 0.3 is 0 Å². The highest BCUT2D eigenvalue weighted by Crippen LogP contribution is 2.51. The molecule has 2 heteroatoms. The van der Waals surface area contributed by atoms with E-state index in [9.17, 15) is 0 Å². The summed E-state index contributed by atoms with van der Waals surface area (Å²) in [5.74, 6) is 0. The maximum Gasteiger partial charge on any atom is 0.0602 e. The number of benzene rings is 3. The van der Waals surface area contributed by atoms with Crippen LogP contribution in [-0.4, -0.2) is 0 Å². The van der Waals surface area contributed by atoms with Crippen molar-refractivity contribution in [3.8, 4) is 0 Å². The number of hydrogen-bond donors (Lipinski definition) is 0. The molecule has 3 aromatic carbocycles. The van der Waals surface area contributed by atoms with Crippen molar-refractivity contribution in [2.24, 2.45) is 0 Å². The second-order valence-electron chi connectivity index (χ2n) is 5.47. The third kappa shape index (κ3) is 2.55. The van der Waals surface area contributed by atoms with Crippen molar-refractivity contribution in [3.63, 3.8) is 0 Å². The van der Waals surface area contributed by atoms with Gasteiger partial charge in [0.05, 0.1) is 11.4 Å². The summed E-state index contributed by atoms with van der Waals surface area (Å²) in [6, 6.07) is 25.8. The number of allylic oxidation sites excluding steroid dienone is 1. The third-order valence-corrected chi connectivity index (χ3v) is 5.04. The molecular weight excluding hydrogens is 298 g/mol. The number of para-hydroxylation sites is 2. The lowest BCUT2D eigenvalue weighted by atomic mass is 10.1. The van der Waals surface area contributed by atoms with E-state index in [1.54, 1.807) is 0 Å². The lowest BCUT2D eigenvalue weighted by Crippen LogP contribution is -2.14. The smallest absolute Gasteiger partial charge is 0.0602 e. The van der Waals surface area contributed by atoms with Crippen LogP contribution in [0.2, 0.25) is 0 Å². The highest BCUT2D eigenvalue weighted by Gasteiger charge is 2.24. The topological polar surface area (TPSA) is 3.24 Å². The summed E-state index contributed by atoms with van der Waals surface area (Å²) < 4.78 is 0. The van der Waals surface area contributed by atoms with Gasteiger partial charge < -0.3 is 4.90 Å². The second kappa shape index (κ2) is 5.98. The molecule has 0 atom stereocenters. The van der Waals surface area contributed by atoms with Crippen molar-refractivity contribution in [1.29, 1.82) is 0 Å². The molecule has 0 spiro atoms. The molecule has 0 saturated carbocycles. The normalized spacial score (nSPS) is 13.0. The predicted molar refractivity (Wildman–Crippen MR) is 100.0 cm³/mol. The zero-order valence-electron chi connectivity index (χ0n) is 12.9. The minimum atomic E-state index is 1.19. The van der Waals surface area contributed by atoms with E-state index < -0.39 is 0 Å². The predicted octanol–water partition coefficient (Wildman–Crippen LogP) is 6.65. The van der Waals surface area contributed by atoms with Gasteiger partial charge in [-0.15, -0.1) is 0 Å². The molecule has 0 saturated heterocycles. The first-order valence-electron chi connectivity index (χ1n) is 7.75. The molecule has 1 nitrogen and oxygen atoms in total. The van der Waals surface area contributed by atoms with E-state index in [2.05, 4.69) is 96.8 Å². The van der Waals surface area contributed by atoms with Crippen LogP contribution >= 0.6 is 11.8 Å². The first-order chi connectivity index (χ1) is 11.4. The van der Waals surface area contributed by atoms with Crippen LogP contribution in [0, 0.1) is 0 Å². The Balaban J connectivity index is 1.92. The van der Waals surface area contributed by atoms with E-state index in [-0.39, 0.29) is 0 Å². The van der Waals surface area contributed by atoms with E-state index in [1.807, 2.05) is 11.8 Å². The quantitative estimate of drug-likeness (QED) is 0.407. The summed E-state index contributed by atoms with van der Waals surface area (Å²) in [4.78, 5) is 4.94. The average molecular weight is 315 g/mol. The van der Waals surface area contributed by atoms with Crippen LogP contribution in [0.5, 0.6) is 0 Å². The first-order valence-corrected chi connectivity index (χ1v) is 8.57. The highest BCUT2D eigenvalue weighted by molar-refractivity contribution is 7.99. The fourth-order valence-corrected chi connectivity index (χ4v) is 4.03. The fraction of sp³-hybridized carbons (Fsp3) is 0.0476. The van der Waals surface area contributed by atoms with E-state index >= 15 is 0 Å². The Hall–Kier alpha value is -2.45.